The first-order valence-corrected chi connectivity index (χ1v) is 7.09. The average molecular weight is 308 g/mol. The number of nitrogens with one attached hydrogen (secondary N) is 2. The molecule has 1 aliphatic carbocycles. The summed E-state index contributed by atoms with van der Waals surface area (Å²) < 4.78 is 28.2. The number of carboxylic acids is 1. The van der Waals surface area contributed by atoms with Crippen molar-refractivity contribution in [3.63, 3.8) is 0 Å². The molecule has 0 aromatic carbocycles. The molecule has 0 radical (unpaired) electrons. The highest BCUT2D eigenvalue weighted by molar-refractivity contribution is 5.73. The topological polar surface area (TPSA) is 87.7 Å². The second-order valence-corrected chi connectivity index (χ2v) is 5.16. The highest BCUT2D eigenvalue weighted by atomic mass is 19.3. The third kappa shape index (κ3) is 7.79. The van der Waals surface area contributed by atoms with Gasteiger partial charge in [0.15, 0.2) is 0 Å². The lowest BCUT2D eigenvalue weighted by molar-refractivity contribution is -0.143. The summed E-state index contributed by atoms with van der Waals surface area (Å²) in [6.07, 6.45) is 0.360. The monoisotopic (exact) mass is 308 g/mol. The maximum absolute atomic E-state index is 11.8. The Kier molecular flexibility index (Phi) is 7.96. The third-order valence-electron chi connectivity index (χ3n) is 3.52. The maximum atomic E-state index is 11.8. The summed E-state index contributed by atoms with van der Waals surface area (Å²) in [7, 11) is 0. The second-order valence-electron chi connectivity index (χ2n) is 5.16. The van der Waals surface area contributed by atoms with Crippen LogP contribution < -0.4 is 10.6 Å². The molecule has 0 bridgehead atoms. The van der Waals surface area contributed by atoms with Gasteiger partial charge in [0, 0.05) is 13.1 Å². The summed E-state index contributed by atoms with van der Waals surface area (Å²) in [6.45, 7) is 0.0813. The van der Waals surface area contributed by atoms with Crippen molar-refractivity contribution in [3.05, 3.63) is 0 Å². The Hall–Kier alpha value is -1.44. The number of carbonyl (C=O) groups excluding carboxylic acids is 1. The van der Waals surface area contributed by atoms with E-state index < -0.39 is 19.0 Å². The smallest absolute Gasteiger partial charge is 0.314 e. The largest absolute Gasteiger partial charge is 0.481 e. The summed E-state index contributed by atoms with van der Waals surface area (Å²) in [5.41, 5.74) is 0. The van der Waals surface area contributed by atoms with Crippen LogP contribution in [0.15, 0.2) is 0 Å². The van der Waals surface area contributed by atoms with Crippen molar-refractivity contribution in [1.82, 2.24) is 10.6 Å². The predicted octanol–water partition coefficient (Wildman–Crippen LogP) is 1.46. The fourth-order valence-electron chi connectivity index (χ4n) is 2.32. The molecule has 1 aliphatic rings. The van der Waals surface area contributed by atoms with Crippen molar-refractivity contribution in [3.8, 4) is 0 Å². The number of alkyl halides is 2. The minimum Gasteiger partial charge on any atom is -0.481 e. The molecule has 6 nitrogen and oxygen atoms in total. The Bertz CT molecular complexity index is 334. The zero-order valence-electron chi connectivity index (χ0n) is 11.8. The van der Waals surface area contributed by atoms with Crippen LogP contribution >= 0.6 is 0 Å². The van der Waals surface area contributed by atoms with Crippen molar-refractivity contribution in [2.75, 3.05) is 26.3 Å². The summed E-state index contributed by atoms with van der Waals surface area (Å²) in [4.78, 5) is 22.2. The summed E-state index contributed by atoms with van der Waals surface area (Å²) in [5, 5.41) is 14.1. The molecule has 0 atom stereocenters. The number of amides is 2. The number of aliphatic carboxylic acids is 1. The molecular weight excluding hydrogens is 286 g/mol. The number of ether oxygens (including phenoxy) is 1. The lowest BCUT2D eigenvalue weighted by atomic mass is 9.82. The van der Waals surface area contributed by atoms with E-state index in [-0.39, 0.29) is 25.1 Å². The lowest BCUT2D eigenvalue weighted by Gasteiger charge is -2.26. The van der Waals surface area contributed by atoms with Gasteiger partial charge in [-0.25, -0.2) is 13.6 Å². The lowest BCUT2D eigenvalue weighted by Crippen LogP contribution is -2.40. The van der Waals surface area contributed by atoms with Crippen LogP contribution in [0.5, 0.6) is 0 Å². The second kappa shape index (κ2) is 9.49. The fraction of sp³-hybridized carbons (Fsp3) is 0.846. The highest BCUT2D eigenvalue weighted by Gasteiger charge is 2.25. The van der Waals surface area contributed by atoms with Crippen LogP contribution in [0.2, 0.25) is 0 Å². The van der Waals surface area contributed by atoms with E-state index in [1.54, 1.807) is 0 Å². The van der Waals surface area contributed by atoms with Gasteiger partial charge in [0.05, 0.1) is 12.5 Å². The first kappa shape index (κ1) is 17.6. The van der Waals surface area contributed by atoms with Crippen molar-refractivity contribution in [2.24, 2.45) is 11.8 Å². The fourth-order valence-corrected chi connectivity index (χ4v) is 2.32. The molecule has 2 amide bonds. The molecular formula is C13H22F2N2O4. The van der Waals surface area contributed by atoms with Crippen molar-refractivity contribution < 1.29 is 28.2 Å². The zero-order valence-corrected chi connectivity index (χ0v) is 11.8. The summed E-state index contributed by atoms with van der Waals surface area (Å²) in [6, 6.07) is -0.365. The number of carboxylic acid groups (broad SMARTS) is 1. The van der Waals surface area contributed by atoms with E-state index in [1.165, 1.54) is 0 Å². The van der Waals surface area contributed by atoms with Crippen molar-refractivity contribution in [2.45, 2.75) is 32.1 Å². The molecule has 8 heteroatoms. The minimum atomic E-state index is -2.50. The number of halogens is 2. The van der Waals surface area contributed by atoms with Gasteiger partial charge in [0.2, 0.25) is 0 Å². The van der Waals surface area contributed by atoms with Crippen LogP contribution in [0.1, 0.15) is 25.7 Å². The van der Waals surface area contributed by atoms with E-state index >= 15 is 0 Å². The van der Waals surface area contributed by atoms with Crippen molar-refractivity contribution >= 4 is 12.0 Å². The molecule has 0 spiro atoms. The number of rotatable bonds is 8. The molecule has 1 fully saturated rings. The highest BCUT2D eigenvalue weighted by Crippen LogP contribution is 2.28. The molecule has 3 N–H and O–H groups in total. The van der Waals surface area contributed by atoms with E-state index in [1.807, 2.05) is 0 Å². The minimum absolute atomic E-state index is 0.0431. The summed E-state index contributed by atoms with van der Waals surface area (Å²) >= 11 is 0. The van der Waals surface area contributed by atoms with Gasteiger partial charge in [0.1, 0.15) is 6.61 Å². The van der Waals surface area contributed by atoms with E-state index in [2.05, 4.69) is 15.4 Å². The van der Waals surface area contributed by atoms with Crippen LogP contribution in [-0.2, 0) is 9.53 Å². The van der Waals surface area contributed by atoms with Gasteiger partial charge in [0.25, 0.3) is 6.43 Å². The first-order chi connectivity index (χ1) is 9.99. The zero-order chi connectivity index (χ0) is 15.7. The normalized spacial score (nSPS) is 22.0. The first-order valence-electron chi connectivity index (χ1n) is 7.09. The van der Waals surface area contributed by atoms with Crippen LogP contribution in [0.4, 0.5) is 13.6 Å². The molecule has 0 saturated heterocycles. The number of urea groups is 1. The predicted molar refractivity (Wildman–Crippen MR) is 71.3 cm³/mol. The van der Waals surface area contributed by atoms with Crippen LogP contribution in [0.3, 0.4) is 0 Å². The molecule has 0 aromatic rings. The molecule has 21 heavy (non-hydrogen) atoms. The Morgan fingerprint density at radius 1 is 1.19 bits per heavy atom. The molecule has 0 aromatic heterocycles. The molecule has 0 heterocycles. The SMILES string of the molecule is O=C(NCCOCC(F)F)NCC1CCC(C(=O)O)CC1. The van der Waals surface area contributed by atoms with Crippen LogP contribution in [-0.4, -0.2) is 49.8 Å². The van der Waals surface area contributed by atoms with Gasteiger partial charge < -0.3 is 20.5 Å². The van der Waals surface area contributed by atoms with Gasteiger partial charge in [-0.05, 0) is 31.6 Å². The van der Waals surface area contributed by atoms with Crippen LogP contribution in [0, 0.1) is 11.8 Å². The molecule has 0 unspecified atom stereocenters. The molecule has 0 aliphatic heterocycles. The molecule has 1 rings (SSSR count). The van der Waals surface area contributed by atoms with Gasteiger partial charge in [-0.2, -0.15) is 0 Å². The maximum Gasteiger partial charge on any atom is 0.314 e. The number of carbonyl (C=O) groups is 2. The van der Waals surface area contributed by atoms with Crippen molar-refractivity contribution in [1.29, 1.82) is 0 Å². The van der Waals surface area contributed by atoms with Gasteiger partial charge in [-0.1, -0.05) is 0 Å². The van der Waals surface area contributed by atoms with Gasteiger partial charge in [-0.3, -0.25) is 4.79 Å². The Morgan fingerprint density at radius 2 is 1.86 bits per heavy atom. The van der Waals surface area contributed by atoms with E-state index in [0.717, 1.165) is 12.8 Å². The molecule has 1 saturated carbocycles. The average Bonchev–Trinajstić information content (AvgIpc) is 2.44. The quantitative estimate of drug-likeness (QED) is 0.592. The van der Waals surface area contributed by atoms with E-state index in [9.17, 15) is 18.4 Å². The standard InChI is InChI=1S/C13H22F2N2O4/c14-11(15)8-21-6-5-16-13(20)17-7-9-1-3-10(4-2-9)12(18)19/h9-11H,1-8H2,(H,18,19)(H2,16,17,20). The molecule has 122 valence electrons. The van der Waals surface area contributed by atoms with E-state index in [0.29, 0.717) is 25.3 Å². The van der Waals surface area contributed by atoms with Gasteiger partial charge >= 0.3 is 12.0 Å². The Labute approximate surface area is 122 Å². The van der Waals surface area contributed by atoms with E-state index in [4.69, 9.17) is 5.11 Å². The Balaban J connectivity index is 2.02. The van der Waals surface area contributed by atoms with Gasteiger partial charge in [-0.15, -0.1) is 0 Å². The number of hydrogen-bond donors (Lipinski definition) is 3. The third-order valence-corrected chi connectivity index (χ3v) is 3.52. The summed E-state index contributed by atoms with van der Waals surface area (Å²) in [5.74, 6) is -0.716. The Morgan fingerprint density at radius 3 is 2.43 bits per heavy atom. The number of hydrogen-bond acceptors (Lipinski definition) is 3. The van der Waals surface area contributed by atoms with Crippen LogP contribution in [0.25, 0.3) is 0 Å².